The van der Waals surface area contributed by atoms with Crippen molar-refractivity contribution < 1.29 is 14.6 Å². The molecule has 0 radical (unpaired) electrons. The Morgan fingerprint density at radius 3 is 1.89 bits per heavy atom. The van der Waals surface area contributed by atoms with Crippen LogP contribution in [0.25, 0.3) is 0 Å². The van der Waals surface area contributed by atoms with Crippen molar-refractivity contribution in [3.8, 4) is 0 Å². The van der Waals surface area contributed by atoms with E-state index in [1.54, 1.807) is 0 Å². The summed E-state index contributed by atoms with van der Waals surface area (Å²) in [5.41, 5.74) is 7.02. The Hall–Kier alpha value is -5.00. The molecule has 0 unspecified atom stereocenters. The number of esters is 1. The Balaban J connectivity index is 1.48. The molecule has 5 aromatic rings. The molecular formula is C41H40N2O3. The molecule has 232 valence electrons. The maximum atomic E-state index is 14.4. The first-order valence-corrected chi connectivity index (χ1v) is 16.0. The van der Waals surface area contributed by atoms with E-state index in [0.717, 1.165) is 40.7 Å². The first-order valence-electron chi connectivity index (χ1n) is 16.0. The highest BCUT2D eigenvalue weighted by Gasteiger charge is 2.57. The summed E-state index contributed by atoms with van der Waals surface area (Å²) >= 11 is 0. The molecule has 1 aliphatic rings. The number of carbonyl (C=O) groups is 1. The molecule has 46 heavy (non-hydrogen) atoms. The predicted octanol–water partition coefficient (Wildman–Crippen LogP) is 7.73. The Kier molecular flexibility index (Phi) is 9.41. The second-order valence-corrected chi connectivity index (χ2v) is 11.9. The third-order valence-electron chi connectivity index (χ3n) is 8.77. The normalized spacial score (nSPS) is 17.5. The fourth-order valence-corrected chi connectivity index (χ4v) is 6.34. The van der Waals surface area contributed by atoms with Crippen molar-refractivity contribution in [3.63, 3.8) is 0 Å². The van der Waals surface area contributed by atoms with Gasteiger partial charge in [-0.3, -0.25) is 0 Å². The van der Waals surface area contributed by atoms with E-state index >= 15 is 0 Å². The molecule has 5 heteroatoms. The number of aryl methyl sites for hydroxylation is 3. The lowest BCUT2D eigenvalue weighted by Crippen LogP contribution is -2.44. The zero-order chi connectivity index (χ0) is 31.9. The van der Waals surface area contributed by atoms with Gasteiger partial charge in [-0.05, 0) is 60.1 Å². The smallest absolute Gasteiger partial charge is 0.341 e. The Bertz CT molecular complexity index is 1770. The number of benzene rings is 5. The second kappa shape index (κ2) is 14.0. The van der Waals surface area contributed by atoms with Crippen LogP contribution in [0.3, 0.4) is 0 Å². The van der Waals surface area contributed by atoms with Crippen LogP contribution in [0.2, 0.25) is 0 Å². The molecule has 0 spiro atoms. The van der Waals surface area contributed by atoms with E-state index in [9.17, 15) is 9.90 Å². The van der Waals surface area contributed by atoms with E-state index in [2.05, 4.69) is 72.5 Å². The summed E-state index contributed by atoms with van der Waals surface area (Å²) in [6.07, 6.45) is 1.87. The first kappa shape index (κ1) is 31.0. The maximum Gasteiger partial charge on any atom is 0.341 e. The summed E-state index contributed by atoms with van der Waals surface area (Å²) in [5, 5.41) is 9.73. The number of hydrogen-bond acceptors (Lipinski definition) is 5. The van der Waals surface area contributed by atoms with Gasteiger partial charge in [-0.1, -0.05) is 139 Å². The average molecular weight is 609 g/mol. The number of hydrogen-bond donors (Lipinski definition) is 1. The fraction of sp³-hybridized carbons (Fsp3) is 0.220. The zero-order valence-corrected chi connectivity index (χ0v) is 26.5. The van der Waals surface area contributed by atoms with Crippen LogP contribution in [0.4, 0.5) is 0 Å². The minimum Gasteiger partial charge on any atom is -0.464 e. The quantitative estimate of drug-likeness (QED) is 0.156. The van der Waals surface area contributed by atoms with Gasteiger partial charge in [0.2, 0.25) is 5.54 Å². The number of rotatable bonds is 11. The molecule has 1 aliphatic heterocycles. The van der Waals surface area contributed by atoms with E-state index in [1.165, 1.54) is 16.7 Å². The van der Waals surface area contributed by atoms with Gasteiger partial charge in [0.25, 0.3) is 0 Å². The molecule has 0 amide bonds. The molecule has 0 fully saturated rings. The molecular weight excluding hydrogens is 568 g/mol. The monoisotopic (exact) mass is 608 g/mol. The van der Waals surface area contributed by atoms with E-state index in [-0.39, 0.29) is 19.2 Å². The fourth-order valence-electron chi connectivity index (χ4n) is 6.34. The van der Waals surface area contributed by atoms with Crippen LogP contribution >= 0.6 is 0 Å². The van der Waals surface area contributed by atoms with Gasteiger partial charge >= 0.3 is 5.97 Å². The standard InChI is InChI=1S/C41H40N2O3/c1-3-46-40(45)41(37-12-8-5-9-13-37)38(35-24-20-32(21-25-35)19-18-31-16-14-30(2)15-17-31)43(28-33-10-6-4-7-11-33)39(42-41)36-26-22-34(29-44)23-27-36/h4-17,20-27,38,44H,3,18-19,28-29H2,1-2H3/t38-,41-/m1/s1. The summed E-state index contributed by atoms with van der Waals surface area (Å²) < 4.78 is 5.87. The highest BCUT2D eigenvalue weighted by atomic mass is 16.5. The lowest BCUT2D eigenvalue weighted by atomic mass is 9.79. The average Bonchev–Trinajstić information content (AvgIpc) is 3.45. The molecule has 5 nitrogen and oxygen atoms in total. The molecule has 6 rings (SSSR count). The van der Waals surface area contributed by atoms with Crippen molar-refractivity contribution in [3.05, 3.63) is 178 Å². The van der Waals surface area contributed by atoms with E-state index in [4.69, 9.17) is 9.73 Å². The van der Waals surface area contributed by atoms with Crippen molar-refractivity contribution in [2.75, 3.05) is 6.61 Å². The van der Waals surface area contributed by atoms with E-state index in [1.807, 2.05) is 79.7 Å². The van der Waals surface area contributed by atoms with Crippen molar-refractivity contribution in [1.29, 1.82) is 0 Å². The Morgan fingerprint density at radius 2 is 1.30 bits per heavy atom. The molecule has 0 bridgehead atoms. The van der Waals surface area contributed by atoms with Gasteiger partial charge in [0.1, 0.15) is 5.84 Å². The number of aliphatic imine (C=N–C) groups is 1. The van der Waals surface area contributed by atoms with Gasteiger partial charge in [0.15, 0.2) is 0 Å². The van der Waals surface area contributed by atoms with Crippen LogP contribution in [0.15, 0.2) is 138 Å². The molecule has 0 saturated carbocycles. The summed E-state index contributed by atoms with van der Waals surface area (Å²) in [6, 6.07) is 44.7. The van der Waals surface area contributed by atoms with Crippen LogP contribution in [0.1, 0.15) is 57.5 Å². The van der Waals surface area contributed by atoms with E-state index < -0.39 is 11.6 Å². The molecule has 1 N–H and O–H groups in total. The first-order chi connectivity index (χ1) is 22.5. The molecule has 5 aromatic carbocycles. The number of aliphatic hydroxyl groups is 1. The highest BCUT2D eigenvalue weighted by molar-refractivity contribution is 6.04. The minimum atomic E-state index is -1.35. The molecule has 1 heterocycles. The van der Waals surface area contributed by atoms with Gasteiger partial charge in [0, 0.05) is 12.1 Å². The number of nitrogens with zero attached hydrogens (tertiary/aromatic N) is 2. The van der Waals surface area contributed by atoms with Crippen LogP contribution in [-0.2, 0) is 41.1 Å². The van der Waals surface area contributed by atoms with Crippen LogP contribution < -0.4 is 0 Å². The zero-order valence-electron chi connectivity index (χ0n) is 26.5. The third-order valence-corrected chi connectivity index (χ3v) is 8.77. The molecule has 2 atom stereocenters. The molecule has 0 saturated heterocycles. The largest absolute Gasteiger partial charge is 0.464 e. The summed E-state index contributed by atoms with van der Waals surface area (Å²) in [5.74, 6) is 0.327. The summed E-state index contributed by atoms with van der Waals surface area (Å²) in [4.78, 5) is 22.0. The second-order valence-electron chi connectivity index (χ2n) is 11.9. The van der Waals surface area contributed by atoms with Crippen molar-refractivity contribution in [2.24, 2.45) is 4.99 Å². The predicted molar refractivity (Wildman–Crippen MR) is 183 cm³/mol. The number of ether oxygens (including phenoxy) is 1. The Morgan fingerprint density at radius 1 is 0.739 bits per heavy atom. The third kappa shape index (κ3) is 6.37. The van der Waals surface area contributed by atoms with Gasteiger partial charge in [-0.25, -0.2) is 9.79 Å². The van der Waals surface area contributed by atoms with Gasteiger partial charge in [-0.2, -0.15) is 0 Å². The van der Waals surface area contributed by atoms with Crippen molar-refractivity contribution in [2.45, 2.75) is 51.4 Å². The molecule has 0 aromatic heterocycles. The SMILES string of the molecule is CCOC(=O)[C@]1(c2ccccc2)N=C(c2ccc(CO)cc2)N(Cc2ccccc2)[C@@H]1c1ccc(CCc2ccc(C)cc2)cc1. The lowest BCUT2D eigenvalue weighted by molar-refractivity contribution is -0.151. The van der Waals surface area contributed by atoms with Crippen LogP contribution in [-0.4, -0.2) is 28.4 Å². The van der Waals surface area contributed by atoms with Crippen LogP contribution in [0.5, 0.6) is 0 Å². The highest BCUT2D eigenvalue weighted by Crippen LogP contribution is 2.50. The topological polar surface area (TPSA) is 62.1 Å². The lowest BCUT2D eigenvalue weighted by Gasteiger charge is -2.37. The Labute approximate surface area is 271 Å². The number of carbonyl (C=O) groups excluding carboxylic acids is 1. The van der Waals surface area contributed by atoms with Gasteiger partial charge in [-0.15, -0.1) is 0 Å². The summed E-state index contributed by atoms with van der Waals surface area (Å²) in [7, 11) is 0. The minimum absolute atomic E-state index is 0.0455. The number of amidine groups is 1. The van der Waals surface area contributed by atoms with E-state index in [0.29, 0.717) is 12.4 Å². The molecule has 0 aliphatic carbocycles. The van der Waals surface area contributed by atoms with Gasteiger partial charge < -0.3 is 14.7 Å². The van der Waals surface area contributed by atoms with Crippen molar-refractivity contribution in [1.82, 2.24) is 4.90 Å². The van der Waals surface area contributed by atoms with Crippen LogP contribution in [0, 0.1) is 6.92 Å². The number of aliphatic hydroxyl groups excluding tert-OH is 1. The van der Waals surface area contributed by atoms with Gasteiger partial charge in [0.05, 0.1) is 19.3 Å². The van der Waals surface area contributed by atoms with Crippen molar-refractivity contribution >= 4 is 11.8 Å². The maximum absolute atomic E-state index is 14.4. The summed E-state index contributed by atoms with van der Waals surface area (Å²) in [6.45, 7) is 4.68.